The molecule has 4 rings (SSSR count). The molecule has 0 amide bonds. The Balaban J connectivity index is 1.48. The van der Waals surface area contributed by atoms with E-state index in [0.29, 0.717) is 12.8 Å². The molecule has 0 aliphatic heterocycles. The zero-order chi connectivity index (χ0) is 28.3. The predicted octanol–water partition coefficient (Wildman–Crippen LogP) is 9.11. The first kappa shape index (κ1) is 28.2. The van der Waals surface area contributed by atoms with Gasteiger partial charge in [0.2, 0.25) is 0 Å². The van der Waals surface area contributed by atoms with Crippen LogP contribution in [0.2, 0.25) is 0 Å². The summed E-state index contributed by atoms with van der Waals surface area (Å²) in [6.07, 6.45) is -1.28. The molecule has 0 saturated heterocycles. The van der Waals surface area contributed by atoms with Gasteiger partial charge in [-0.2, -0.15) is 8.78 Å². The van der Waals surface area contributed by atoms with Crippen molar-refractivity contribution in [1.29, 1.82) is 0 Å². The molecule has 0 aromatic heterocycles. The molecule has 0 fully saturated rings. The third kappa shape index (κ3) is 6.10. The van der Waals surface area contributed by atoms with Crippen LogP contribution in [-0.2, 0) is 19.1 Å². The van der Waals surface area contributed by atoms with Crippen molar-refractivity contribution in [2.24, 2.45) is 0 Å². The monoisotopic (exact) mass is 554 g/mol. The third-order valence-electron chi connectivity index (χ3n) is 6.12. The van der Waals surface area contributed by atoms with Crippen molar-refractivity contribution < 1.29 is 44.6 Å². The molecule has 0 radical (unpaired) electrons. The minimum atomic E-state index is -4.04. The van der Waals surface area contributed by atoms with Crippen molar-refractivity contribution in [2.75, 3.05) is 0 Å². The van der Waals surface area contributed by atoms with Crippen LogP contribution >= 0.6 is 0 Å². The molecule has 0 aliphatic carbocycles. The van der Waals surface area contributed by atoms with Gasteiger partial charge in [0.25, 0.3) is 0 Å². The lowest BCUT2D eigenvalue weighted by molar-refractivity contribution is -0.185. The van der Waals surface area contributed by atoms with E-state index in [1.165, 1.54) is 18.2 Å². The standard InChI is InChI=1S/C29H22F8O2/c1-2-3-4-5-17-12-16-6-7-18(25(32)24(16)28(35)26(17)33)15-38-20-10-8-19(9-11-20)29(36,37)39-21-13-22(30)27(34)23(31)14-21/h6-14H,2-5,15H2,1H3. The number of hydrogen-bond acceptors (Lipinski definition) is 2. The van der Waals surface area contributed by atoms with Crippen LogP contribution in [0.5, 0.6) is 11.5 Å². The Labute approximate surface area is 218 Å². The Hall–Kier alpha value is -3.82. The number of benzene rings is 4. The summed E-state index contributed by atoms with van der Waals surface area (Å²) in [6, 6.07) is 8.82. The van der Waals surface area contributed by atoms with Crippen molar-refractivity contribution in [3.63, 3.8) is 0 Å². The fraction of sp³-hybridized carbons (Fsp3) is 0.241. The summed E-state index contributed by atoms with van der Waals surface area (Å²) < 4.78 is 123. The average Bonchev–Trinajstić information content (AvgIpc) is 2.89. The van der Waals surface area contributed by atoms with E-state index in [-0.39, 0.29) is 34.4 Å². The van der Waals surface area contributed by atoms with E-state index in [0.717, 1.165) is 37.1 Å². The number of halogens is 8. The molecule has 0 heterocycles. The van der Waals surface area contributed by atoms with Crippen molar-refractivity contribution in [3.8, 4) is 11.5 Å². The Morgan fingerprint density at radius 2 is 1.33 bits per heavy atom. The Morgan fingerprint density at radius 1 is 0.667 bits per heavy atom. The smallest absolute Gasteiger partial charge is 0.426 e. The van der Waals surface area contributed by atoms with Crippen molar-refractivity contribution in [3.05, 3.63) is 106 Å². The molecule has 2 nitrogen and oxygen atoms in total. The molecule has 0 saturated carbocycles. The van der Waals surface area contributed by atoms with Gasteiger partial charge in [-0.05, 0) is 54.1 Å². The van der Waals surface area contributed by atoms with Crippen LogP contribution in [0, 0.1) is 34.9 Å². The van der Waals surface area contributed by atoms with Gasteiger partial charge in [0.15, 0.2) is 29.1 Å². The predicted molar refractivity (Wildman–Crippen MR) is 129 cm³/mol. The van der Waals surface area contributed by atoms with E-state index in [1.807, 2.05) is 6.92 Å². The van der Waals surface area contributed by atoms with Crippen LogP contribution in [0.15, 0.2) is 54.6 Å². The van der Waals surface area contributed by atoms with Gasteiger partial charge in [-0.3, -0.25) is 0 Å². The fourth-order valence-corrected chi connectivity index (χ4v) is 4.04. The number of unbranched alkanes of at least 4 members (excludes halogenated alkanes) is 2. The summed E-state index contributed by atoms with van der Waals surface area (Å²) in [7, 11) is 0. The van der Waals surface area contributed by atoms with Gasteiger partial charge in [-0.15, -0.1) is 0 Å². The minimum absolute atomic E-state index is 0.0332. The zero-order valence-electron chi connectivity index (χ0n) is 20.6. The second-order valence-electron chi connectivity index (χ2n) is 8.89. The maximum atomic E-state index is 15.1. The maximum Gasteiger partial charge on any atom is 0.426 e. The normalized spacial score (nSPS) is 11.7. The quantitative estimate of drug-likeness (QED) is 0.111. The summed E-state index contributed by atoms with van der Waals surface area (Å²) in [5.41, 5.74) is -0.630. The molecule has 39 heavy (non-hydrogen) atoms. The molecule has 0 unspecified atom stereocenters. The largest absolute Gasteiger partial charge is 0.489 e. The summed E-state index contributed by atoms with van der Waals surface area (Å²) in [6.45, 7) is 1.57. The van der Waals surface area contributed by atoms with Gasteiger partial charge in [-0.1, -0.05) is 31.9 Å². The number of ether oxygens (including phenoxy) is 2. The van der Waals surface area contributed by atoms with Crippen molar-refractivity contribution in [2.45, 2.75) is 45.3 Å². The van der Waals surface area contributed by atoms with Crippen LogP contribution in [0.4, 0.5) is 35.1 Å². The molecule has 0 atom stereocenters. The number of aryl methyl sites for hydroxylation is 1. The minimum Gasteiger partial charge on any atom is -0.489 e. The molecular weight excluding hydrogens is 532 g/mol. The lowest BCUT2D eigenvalue weighted by Gasteiger charge is -2.19. The maximum absolute atomic E-state index is 15.1. The van der Waals surface area contributed by atoms with Crippen molar-refractivity contribution >= 4 is 10.8 Å². The van der Waals surface area contributed by atoms with E-state index in [9.17, 15) is 30.7 Å². The third-order valence-corrected chi connectivity index (χ3v) is 6.12. The van der Waals surface area contributed by atoms with E-state index in [1.54, 1.807) is 0 Å². The van der Waals surface area contributed by atoms with E-state index in [2.05, 4.69) is 4.74 Å². The first-order valence-electron chi connectivity index (χ1n) is 12.0. The molecule has 4 aromatic rings. The fourth-order valence-electron chi connectivity index (χ4n) is 4.04. The molecule has 206 valence electrons. The van der Waals surface area contributed by atoms with Crippen LogP contribution in [0.3, 0.4) is 0 Å². The highest BCUT2D eigenvalue weighted by Gasteiger charge is 2.35. The summed E-state index contributed by atoms with van der Waals surface area (Å²) in [5, 5.41) is -0.303. The average molecular weight is 554 g/mol. The summed E-state index contributed by atoms with van der Waals surface area (Å²) >= 11 is 0. The van der Waals surface area contributed by atoms with Crippen LogP contribution in [-0.4, -0.2) is 0 Å². The molecule has 4 aromatic carbocycles. The highest BCUT2D eigenvalue weighted by atomic mass is 19.3. The van der Waals surface area contributed by atoms with Gasteiger partial charge in [0, 0.05) is 17.7 Å². The molecule has 0 bridgehead atoms. The number of fused-ring (bicyclic) bond motifs is 1. The lowest BCUT2D eigenvalue weighted by atomic mass is 9.99. The first-order chi connectivity index (χ1) is 18.5. The van der Waals surface area contributed by atoms with E-state index in [4.69, 9.17) is 4.74 Å². The van der Waals surface area contributed by atoms with Gasteiger partial charge < -0.3 is 9.47 Å². The van der Waals surface area contributed by atoms with Gasteiger partial charge in [0.1, 0.15) is 23.9 Å². The van der Waals surface area contributed by atoms with Crippen LogP contribution in [0.1, 0.15) is 42.9 Å². The highest BCUT2D eigenvalue weighted by molar-refractivity contribution is 5.85. The second kappa shape index (κ2) is 11.5. The number of hydrogen-bond donors (Lipinski definition) is 0. The first-order valence-corrected chi connectivity index (χ1v) is 12.0. The molecule has 0 N–H and O–H groups in total. The van der Waals surface area contributed by atoms with E-state index >= 15 is 4.39 Å². The second-order valence-corrected chi connectivity index (χ2v) is 8.89. The Bertz CT molecular complexity index is 1460. The summed E-state index contributed by atoms with van der Waals surface area (Å²) in [5.74, 6) is -9.49. The zero-order valence-corrected chi connectivity index (χ0v) is 20.6. The summed E-state index contributed by atoms with van der Waals surface area (Å²) in [4.78, 5) is 0. The topological polar surface area (TPSA) is 18.5 Å². The molecule has 0 aliphatic rings. The van der Waals surface area contributed by atoms with Gasteiger partial charge in [-0.25, -0.2) is 26.3 Å². The Morgan fingerprint density at radius 3 is 1.97 bits per heavy atom. The molecular formula is C29H22F8O2. The lowest BCUT2D eigenvalue weighted by Crippen LogP contribution is -2.22. The van der Waals surface area contributed by atoms with Crippen LogP contribution in [0.25, 0.3) is 10.8 Å². The molecule has 10 heteroatoms. The van der Waals surface area contributed by atoms with Crippen molar-refractivity contribution in [1.82, 2.24) is 0 Å². The SMILES string of the molecule is CCCCCc1cc2ccc(COc3ccc(C(F)(F)Oc4cc(F)c(F)c(F)c4)cc3)c(F)c2c(F)c1F. The number of alkyl halides is 2. The Kier molecular flexibility index (Phi) is 8.32. The van der Waals surface area contributed by atoms with Crippen LogP contribution < -0.4 is 9.47 Å². The van der Waals surface area contributed by atoms with E-state index < -0.39 is 64.3 Å². The molecule has 0 spiro atoms. The number of rotatable bonds is 10. The van der Waals surface area contributed by atoms with Gasteiger partial charge >= 0.3 is 6.11 Å². The highest BCUT2D eigenvalue weighted by Crippen LogP contribution is 2.34. The van der Waals surface area contributed by atoms with Gasteiger partial charge in [0.05, 0.1) is 10.9 Å².